The van der Waals surface area contributed by atoms with Crippen molar-refractivity contribution in [2.45, 2.75) is 11.8 Å². The third-order valence-electron chi connectivity index (χ3n) is 4.36. The first-order valence-electron chi connectivity index (χ1n) is 8.95. The fourth-order valence-electron chi connectivity index (χ4n) is 2.75. The smallest absolute Gasteiger partial charge is 0.227 e. The van der Waals surface area contributed by atoms with Gasteiger partial charge in [0.2, 0.25) is 5.95 Å². The van der Waals surface area contributed by atoms with Gasteiger partial charge >= 0.3 is 0 Å². The standard InChI is InChI=1S/C20H18N6O2S/c1-2-29(27,28)18-9-3-15(4-10-18)19-11-12-21-20(24-19)23-16-5-7-17(8-6-16)26-14-13-22-25-26/h3-14H,2H2,1H3,(H,21,23,24). The number of aromatic nitrogens is 5. The van der Waals surface area contributed by atoms with E-state index in [0.29, 0.717) is 16.5 Å². The minimum atomic E-state index is -3.22. The summed E-state index contributed by atoms with van der Waals surface area (Å²) in [6.45, 7) is 1.63. The van der Waals surface area contributed by atoms with Crippen molar-refractivity contribution < 1.29 is 8.42 Å². The van der Waals surface area contributed by atoms with E-state index in [0.717, 1.165) is 16.9 Å². The molecule has 0 saturated carbocycles. The number of nitrogens with one attached hydrogen (secondary N) is 1. The van der Waals surface area contributed by atoms with Crippen LogP contribution in [-0.4, -0.2) is 39.1 Å². The third-order valence-corrected chi connectivity index (χ3v) is 6.11. The molecule has 8 nitrogen and oxygen atoms in total. The maximum Gasteiger partial charge on any atom is 0.227 e. The number of sulfone groups is 1. The van der Waals surface area contributed by atoms with Crippen LogP contribution in [0.5, 0.6) is 0 Å². The average molecular weight is 406 g/mol. The largest absolute Gasteiger partial charge is 0.324 e. The second-order valence-corrected chi connectivity index (χ2v) is 8.49. The van der Waals surface area contributed by atoms with Gasteiger partial charge in [0.15, 0.2) is 9.84 Å². The molecule has 0 unspecified atom stereocenters. The summed E-state index contributed by atoms with van der Waals surface area (Å²) >= 11 is 0. The van der Waals surface area contributed by atoms with Crippen LogP contribution in [0.3, 0.4) is 0 Å². The van der Waals surface area contributed by atoms with E-state index < -0.39 is 9.84 Å². The van der Waals surface area contributed by atoms with Crippen molar-refractivity contribution in [1.29, 1.82) is 0 Å². The lowest BCUT2D eigenvalue weighted by molar-refractivity contribution is 0.597. The second kappa shape index (κ2) is 7.80. The number of anilines is 2. The Bertz CT molecular complexity index is 1200. The highest BCUT2D eigenvalue weighted by Gasteiger charge is 2.11. The molecule has 0 radical (unpaired) electrons. The molecule has 2 aromatic carbocycles. The van der Waals surface area contributed by atoms with Crippen LogP contribution in [0.2, 0.25) is 0 Å². The number of rotatable bonds is 6. The zero-order chi connectivity index (χ0) is 20.3. The zero-order valence-electron chi connectivity index (χ0n) is 15.6. The predicted octanol–water partition coefficient (Wildman–Crippen LogP) is 3.26. The van der Waals surface area contributed by atoms with Crippen molar-refractivity contribution >= 4 is 21.5 Å². The summed E-state index contributed by atoms with van der Waals surface area (Å²) in [4.78, 5) is 9.09. The van der Waals surface area contributed by atoms with Crippen molar-refractivity contribution in [2.75, 3.05) is 11.1 Å². The monoisotopic (exact) mass is 406 g/mol. The molecule has 0 atom stereocenters. The van der Waals surface area contributed by atoms with Gasteiger partial charge in [-0.05, 0) is 42.5 Å². The van der Waals surface area contributed by atoms with E-state index in [4.69, 9.17) is 0 Å². The summed E-state index contributed by atoms with van der Waals surface area (Å²) < 4.78 is 25.6. The molecule has 0 aliphatic carbocycles. The number of hydrogen-bond acceptors (Lipinski definition) is 7. The first-order chi connectivity index (χ1) is 14.0. The third kappa shape index (κ3) is 4.14. The summed E-state index contributed by atoms with van der Waals surface area (Å²) in [5.41, 5.74) is 3.23. The summed E-state index contributed by atoms with van der Waals surface area (Å²) in [6, 6.07) is 16.1. The molecule has 0 bridgehead atoms. The minimum Gasteiger partial charge on any atom is -0.324 e. The van der Waals surface area contributed by atoms with Gasteiger partial charge in [-0.3, -0.25) is 0 Å². The molecule has 2 aromatic heterocycles. The minimum absolute atomic E-state index is 0.0730. The van der Waals surface area contributed by atoms with E-state index in [2.05, 4.69) is 25.6 Å². The highest BCUT2D eigenvalue weighted by atomic mass is 32.2. The van der Waals surface area contributed by atoms with Crippen LogP contribution < -0.4 is 5.32 Å². The Morgan fingerprint density at radius 3 is 2.38 bits per heavy atom. The average Bonchev–Trinajstić information content (AvgIpc) is 3.29. The van der Waals surface area contributed by atoms with Crippen molar-refractivity contribution in [3.05, 3.63) is 73.2 Å². The fraction of sp³-hybridized carbons (Fsp3) is 0.100. The molecule has 4 aromatic rings. The molecular formula is C20H18N6O2S. The van der Waals surface area contributed by atoms with E-state index in [1.165, 1.54) is 0 Å². The number of hydrogen-bond donors (Lipinski definition) is 1. The van der Waals surface area contributed by atoms with Crippen molar-refractivity contribution in [1.82, 2.24) is 25.0 Å². The molecule has 2 heterocycles. The Hall–Kier alpha value is -3.59. The van der Waals surface area contributed by atoms with Crippen LogP contribution in [-0.2, 0) is 9.84 Å². The van der Waals surface area contributed by atoms with Crippen LogP contribution in [0.15, 0.2) is 78.1 Å². The van der Waals surface area contributed by atoms with Gasteiger partial charge in [-0.1, -0.05) is 24.3 Å². The molecular weight excluding hydrogens is 388 g/mol. The maximum atomic E-state index is 12.0. The molecule has 0 aliphatic heterocycles. The highest BCUT2D eigenvalue weighted by molar-refractivity contribution is 7.91. The van der Waals surface area contributed by atoms with Crippen LogP contribution in [0.4, 0.5) is 11.6 Å². The Balaban J connectivity index is 1.53. The molecule has 0 fully saturated rings. The molecule has 0 saturated heterocycles. The van der Waals surface area contributed by atoms with Gasteiger partial charge in [0, 0.05) is 17.4 Å². The lowest BCUT2D eigenvalue weighted by Crippen LogP contribution is -2.03. The summed E-state index contributed by atoms with van der Waals surface area (Å²) in [7, 11) is -3.22. The van der Waals surface area contributed by atoms with Crippen LogP contribution >= 0.6 is 0 Å². The van der Waals surface area contributed by atoms with Gasteiger partial charge in [-0.15, -0.1) is 5.10 Å². The molecule has 4 rings (SSSR count). The van der Waals surface area contributed by atoms with Gasteiger partial charge in [0.05, 0.1) is 34.4 Å². The number of benzene rings is 2. The summed E-state index contributed by atoms with van der Waals surface area (Å²) in [5, 5.41) is 10.9. The van der Waals surface area contributed by atoms with Gasteiger partial charge in [0.1, 0.15) is 0 Å². The Morgan fingerprint density at radius 2 is 1.72 bits per heavy atom. The Morgan fingerprint density at radius 1 is 0.966 bits per heavy atom. The molecule has 29 heavy (non-hydrogen) atoms. The Labute approximate surface area is 168 Å². The predicted molar refractivity (Wildman–Crippen MR) is 110 cm³/mol. The van der Waals surface area contributed by atoms with E-state index in [-0.39, 0.29) is 5.75 Å². The van der Waals surface area contributed by atoms with Crippen LogP contribution in [0.1, 0.15) is 6.92 Å². The zero-order valence-corrected chi connectivity index (χ0v) is 16.4. The van der Waals surface area contributed by atoms with Crippen LogP contribution in [0.25, 0.3) is 16.9 Å². The maximum absolute atomic E-state index is 12.0. The molecule has 0 spiro atoms. The first kappa shape index (κ1) is 18.8. The van der Waals surface area contributed by atoms with Gasteiger partial charge in [-0.2, -0.15) is 0 Å². The second-order valence-electron chi connectivity index (χ2n) is 6.21. The van der Waals surface area contributed by atoms with E-state index >= 15 is 0 Å². The normalized spacial score (nSPS) is 11.3. The Kier molecular flexibility index (Phi) is 5.05. The van der Waals surface area contributed by atoms with Crippen molar-refractivity contribution in [2.24, 2.45) is 0 Å². The van der Waals surface area contributed by atoms with Gasteiger partial charge in [0.25, 0.3) is 0 Å². The topological polar surface area (TPSA) is 103 Å². The molecule has 146 valence electrons. The highest BCUT2D eigenvalue weighted by Crippen LogP contribution is 2.22. The van der Waals surface area contributed by atoms with Crippen molar-refractivity contribution in [3.8, 4) is 16.9 Å². The molecule has 1 N–H and O–H groups in total. The SMILES string of the molecule is CCS(=O)(=O)c1ccc(-c2ccnc(Nc3ccc(-n4ccnn4)cc3)n2)cc1. The summed E-state index contributed by atoms with van der Waals surface area (Å²) in [6.07, 6.45) is 5.05. The van der Waals surface area contributed by atoms with E-state index in [9.17, 15) is 8.42 Å². The number of nitrogens with zero attached hydrogens (tertiary/aromatic N) is 5. The summed E-state index contributed by atoms with van der Waals surface area (Å²) in [5.74, 6) is 0.519. The quantitative estimate of drug-likeness (QED) is 0.524. The molecule has 9 heteroatoms. The molecule has 0 aliphatic rings. The van der Waals surface area contributed by atoms with Crippen molar-refractivity contribution in [3.63, 3.8) is 0 Å². The van der Waals surface area contributed by atoms with E-state index in [1.54, 1.807) is 60.5 Å². The van der Waals surface area contributed by atoms with Gasteiger partial charge in [-0.25, -0.2) is 23.1 Å². The first-order valence-corrected chi connectivity index (χ1v) is 10.6. The molecule has 0 amide bonds. The van der Waals surface area contributed by atoms with E-state index in [1.807, 2.05) is 24.3 Å². The lowest BCUT2D eigenvalue weighted by atomic mass is 10.1. The fourth-order valence-corrected chi connectivity index (χ4v) is 3.64. The van der Waals surface area contributed by atoms with Crippen LogP contribution in [0, 0.1) is 0 Å². The lowest BCUT2D eigenvalue weighted by Gasteiger charge is -2.08. The van der Waals surface area contributed by atoms with Gasteiger partial charge < -0.3 is 5.32 Å².